The molecule has 0 aliphatic carbocycles. The quantitative estimate of drug-likeness (QED) is 0.488. The van der Waals surface area contributed by atoms with Gasteiger partial charge in [0.15, 0.2) is 17.2 Å². The van der Waals surface area contributed by atoms with E-state index in [1.165, 1.54) is 12.1 Å². The first-order chi connectivity index (χ1) is 15.0. The lowest BCUT2D eigenvalue weighted by Crippen LogP contribution is -2.42. The smallest absolute Gasteiger partial charge is 0.311 e. The van der Waals surface area contributed by atoms with Gasteiger partial charge in [-0.25, -0.2) is 0 Å². The van der Waals surface area contributed by atoms with Crippen molar-refractivity contribution in [3.8, 4) is 17.2 Å². The number of fused-ring (bicyclic) bond motifs is 2. The van der Waals surface area contributed by atoms with Gasteiger partial charge in [0.05, 0.1) is 10.5 Å². The van der Waals surface area contributed by atoms with Gasteiger partial charge in [-0.05, 0) is 35.9 Å². The van der Waals surface area contributed by atoms with Crippen molar-refractivity contribution < 1.29 is 24.3 Å². The van der Waals surface area contributed by atoms with E-state index in [4.69, 9.17) is 9.47 Å². The Labute approximate surface area is 176 Å². The number of hydrogen-bond donors (Lipinski definition) is 2. The third-order valence-electron chi connectivity index (χ3n) is 5.32. The number of carbonyl (C=O) groups is 1. The number of para-hydroxylation sites is 1. The SMILES string of the molecule is O=C1c2ccccc2NC(c2ccc(O)c([N+](=O)[O-])c2)N1Cc1ccc2c(c1)OCO2. The van der Waals surface area contributed by atoms with Crippen LogP contribution in [0.4, 0.5) is 11.4 Å². The van der Waals surface area contributed by atoms with Crippen LogP contribution >= 0.6 is 0 Å². The standard InChI is InChI=1S/C22H17N3O6/c26-18-7-6-14(10-17(18)25(28)29)21-23-16-4-2-1-3-15(16)22(27)24(21)11-13-5-8-19-20(9-13)31-12-30-19/h1-10,21,23,26H,11-12H2. The number of phenolic OH excluding ortho intramolecular Hbond substituents is 1. The van der Waals surface area contributed by atoms with Gasteiger partial charge in [-0.1, -0.05) is 24.3 Å². The molecule has 0 aromatic heterocycles. The maximum Gasteiger partial charge on any atom is 0.311 e. The molecule has 31 heavy (non-hydrogen) atoms. The number of nitro benzene ring substituents is 1. The highest BCUT2D eigenvalue weighted by atomic mass is 16.7. The molecule has 3 aromatic carbocycles. The first kappa shape index (κ1) is 18.7. The topological polar surface area (TPSA) is 114 Å². The summed E-state index contributed by atoms with van der Waals surface area (Å²) in [5, 5.41) is 24.5. The zero-order valence-corrected chi connectivity index (χ0v) is 16.1. The van der Waals surface area contributed by atoms with Crippen LogP contribution < -0.4 is 14.8 Å². The molecule has 2 aliphatic heterocycles. The molecule has 3 aromatic rings. The normalized spacial score (nSPS) is 16.6. The molecule has 2 heterocycles. The molecule has 0 spiro atoms. The van der Waals surface area contributed by atoms with Gasteiger partial charge in [0.2, 0.25) is 6.79 Å². The van der Waals surface area contributed by atoms with E-state index in [9.17, 15) is 20.0 Å². The van der Waals surface area contributed by atoms with E-state index in [0.29, 0.717) is 28.3 Å². The van der Waals surface area contributed by atoms with Crippen LogP contribution in [-0.4, -0.2) is 27.6 Å². The van der Waals surface area contributed by atoms with Gasteiger partial charge in [0, 0.05) is 23.9 Å². The number of amides is 1. The highest BCUT2D eigenvalue weighted by molar-refractivity contribution is 6.01. The first-order valence-corrected chi connectivity index (χ1v) is 9.53. The average molecular weight is 419 g/mol. The fourth-order valence-electron chi connectivity index (χ4n) is 3.81. The van der Waals surface area contributed by atoms with Gasteiger partial charge in [0.25, 0.3) is 5.91 Å². The van der Waals surface area contributed by atoms with E-state index in [1.54, 1.807) is 35.2 Å². The molecule has 1 atom stereocenters. The predicted molar refractivity (Wildman–Crippen MR) is 110 cm³/mol. The van der Waals surface area contributed by atoms with Crippen molar-refractivity contribution in [1.82, 2.24) is 4.90 Å². The van der Waals surface area contributed by atoms with E-state index in [2.05, 4.69) is 5.32 Å². The number of hydrogen-bond acceptors (Lipinski definition) is 7. The summed E-state index contributed by atoms with van der Waals surface area (Å²) in [5.41, 5.74) is 2.02. The Morgan fingerprint density at radius 1 is 1.10 bits per heavy atom. The summed E-state index contributed by atoms with van der Waals surface area (Å²) in [5.74, 6) is 0.599. The number of nitro groups is 1. The van der Waals surface area contributed by atoms with Gasteiger partial charge in [-0.3, -0.25) is 14.9 Å². The molecule has 2 N–H and O–H groups in total. The Morgan fingerprint density at radius 3 is 2.74 bits per heavy atom. The monoisotopic (exact) mass is 419 g/mol. The zero-order valence-electron chi connectivity index (χ0n) is 16.1. The zero-order chi connectivity index (χ0) is 21.5. The van der Waals surface area contributed by atoms with Gasteiger partial charge >= 0.3 is 5.69 Å². The van der Waals surface area contributed by atoms with Gasteiger partial charge in [-0.2, -0.15) is 0 Å². The fourth-order valence-corrected chi connectivity index (χ4v) is 3.81. The lowest BCUT2D eigenvalue weighted by atomic mass is 10.0. The van der Waals surface area contributed by atoms with E-state index in [0.717, 1.165) is 5.56 Å². The van der Waals surface area contributed by atoms with Gasteiger partial charge < -0.3 is 24.8 Å². The number of phenols is 1. The molecule has 5 rings (SSSR count). The van der Waals surface area contributed by atoms with Crippen molar-refractivity contribution in [2.75, 3.05) is 12.1 Å². The molecule has 0 saturated heterocycles. The van der Waals surface area contributed by atoms with Gasteiger partial charge in [-0.15, -0.1) is 0 Å². The molecule has 2 aliphatic rings. The second kappa shape index (κ2) is 7.21. The molecular formula is C22H17N3O6. The molecule has 1 amide bonds. The minimum Gasteiger partial charge on any atom is -0.502 e. The third kappa shape index (κ3) is 3.25. The molecule has 0 bridgehead atoms. The van der Waals surface area contributed by atoms with Crippen LogP contribution in [0.1, 0.15) is 27.7 Å². The Hall–Kier alpha value is -4.27. The lowest BCUT2D eigenvalue weighted by molar-refractivity contribution is -0.385. The summed E-state index contributed by atoms with van der Waals surface area (Å²) in [6.45, 7) is 0.381. The summed E-state index contributed by atoms with van der Waals surface area (Å²) in [7, 11) is 0. The maximum absolute atomic E-state index is 13.4. The van der Waals surface area contributed by atoms with E-state index in [-0.39, 0.29) is 19.2 Å². The highest BCUT2D eigenvalue weighted by Gasteiger charge is 2.34. The molecule has 9 heteroatoms. The summed E-state index contributed by atoms with van der Waals surface area (Å²) < 4.78 is 10.8. The van der Waals surface area contributed by atoms with Crippen LogP contribution in [0.3, 0.4) is 0 Å². The van der Waals surface area contributed by atoms with Crippen LogP contribution in [0.15, 0.2) is 60.7 Å². The van der Waals surface area contributed by atoms with Crippen molar-refractivity contribution in [2.45, 2.75) is 12.7 Å². The summed E-state index contributed by atoms with van der Waals surface area (Å²) in [6, 6.07) is 16.6. The number of anilines is 1. The van der Waals surface area contributed by atoms with Gasteiger partial charge in [0.1, 0.15) is 6.17 Å². The number of ether oxygens (including phenoxy) is 2. The van der Waals surface area contributed by atoms with E-state index >= 15 is 0 Å². The maximum atomic E-state index is 13.4. The minimum absolute atomic E-state index is 0.149. The fraction of sp³-hybridized carbons (Fsp3) is 0.136. The summed E-state index contributed by atoms with van der Waals surface area (Å²) in [6.07, 6.45) is -0.674. The Balaban J connectivity index is 1.56. The van der Waals surface area contributed by atoms with Crippen molar-refractivity contribution in [1.29, 1.82) is 0 Å². The van der Waals surface area contributed by atoms with E-state index in [1.807, 2.05) is 18.2 Å². The second-order valence-corrected chi connectivity index (χ2v) is 7.22. The molecule has 9 nitrogen and oxygen atoms in total. The van der Waals surface area contributed by atoms with Crippen molar-refractivity contribution in [3.63, 3.8) is 0 Å². The van der Waals surface area contributed by atoms with Crippen LogP contribution in [0.2, 0.25) is 0 Å². The highest BCUT2D eigenvalue weighted by Crippen LogP contribution is 2.38. The number of nitrogens with one attached hydrogen (secondary N) is 1. The van der Waals surface area contributed by atoms with Crippen LogP contribution in [-0.2, 0) is 6.54 Å². The first-order valence-electron chi connectivity index (χ1n) is 9.53. The predicted octanol–water partition coefficient (Wildman–Crippen LogP) is 3.80. The Kier molecular flexibility index (Phi) is 4.36. The lowest BCUT2D eigenvalue weighted by Gasteiger charge is -2.38. The number of rotatable bonds is 4. The Morgan fingerprint density at radius 2 is 1.90 bits per heavy atom. The second-order valence-electron chi connectivity index (χ2n) is 7.22. The minimum atomic E-state index is -0.674. The number of benzene rings is 3. The van der Waals surface area contributed by atoms with Crippen LogP contribution in [0.25, 0.3) is 0 Å². The van der Waals surface area contributed by atoms with Crippen molar-refractivity contribution in [3.05, 3.63) is 87.5 Å². The molecule has 0 saturated carbocycles. The average Bonchev–Trinajstić information content (AvgIpc) is 3.24. The van der Waals surface area contributed by atoms with Crippen LogP contribution in [0.5, 0.6) is 17.2 Å². The number of carbonyl (C=O) groups excluding carboxylic acids is 1. The van der Waals surface area contributed by atoms with Crippen molar-refractivity contribution >= 4 is 17.3 Å². The molecule has 1 unspecified atom stereocenters. The largest absolute Gasteiger partial charge is 0.502 e. The van der Waals surface area contributed by atoms with Crippen LogP contribution in [0, 0.1) is 10.1 Å². The Bertz CT molecular complexity index is 1210. The molecule has 0 radical (unpaired) electrons. The number of aromatic hydroxyl groups is 1. The molecular weight excluding hydrogens is 402 g/mol. The van der Waals surface area contributed by atoms with Crippen molar-refractivity contribution in [2.24, 2.45) is 0 Å². The summed E-state index contributed by atoms with van der Waals surface area (Å²) in [4.78, 5) is 25.6. The third-order valence-corrected chi connectivity index (χ3v) is 5.32. The summed E-state index contributed by atoms with van der Waals surface area (Å²) >= 11 is 0. The van der Waals surface area contributed by atoms with E-state index < -0.39 is 22.5 Å². The molecule has 0 fully saturated rings. The molecule has 156 valence electrons. The number of nitrogens with zero attached hydrogens (tertiary/aromatic N) is 2.